The van der Waals surface area contributed by atoms with Crippen molar-refractivity contribution >= 4 is 16.7 Å². The maximum atomic E-state index is 11.3. The summed E-state index contributed by atoms with van der Waals surface area (Å²) in [5, 5.41) is 0. The highest BCUT2D eigenvalue weighted by Gasteiger charge is 2.09. The van der Waals surface area contributed by atoms with E-state index in [9.17, 15) is 13.2 Å². The molecule has 0 aromatic heterocycles. The summed E-state index contributed by atoms with van der Waals surface area (Å²) in [6.45, 7) is 4.05. The summed E-state index contributed by atoms with van der Waals surface area (Å²) in [4.78, 5) is 11.3. The molecule has 0 amide bonds. The zero-order valence-corrected chi connectivity index (χ0v) is 11.5. The lowest BCUT2D eigenvalue weighted by Gasteiger charge is -2.10. The molecule has 1 aromatic rings. The minimum absolute atomic E-state index is 0.0230. The molecule has 0 heterocycles. The molecule has 0 aliphatic carbocycles. The molecule has 18 heavy (non-hydrogen) atoms. The van der Waals surface area contributed by atoms with Crippen molar-refractivity contribution in [3.63, 3.8) is 0 Å². The molecule has 0 aliphatic rings. The van der Waals surface area contributed by atoms with E-state index in [4.69, 9.17) is 4.74 Å². The van der Waals surface area contributed by atoms with Crippen molar-refractivity contribution in [3.05, 3.63) is 34.9 Å². The standard InChI is InChI=1S/C13H18O4S/c1-3-17-13(14)8-7-12-10(2)5-4-6-11(12)9-18(15)16/h4-6,18H,3,7-9H2,1-2H3. The van der Waals surface area contributed by atoms with Crippen LogP contribution in [0.1, 0.15) is 30.0 Å². The summed E-state index contributed by atoms with van der Waals surface area (Å²) in [6, 6.07) is 5.54. The Bertz CT molecular complexity index is 484. The highest BCUT2D eigenvalue weighted by Crippen LogP contribution is 2.17. The molecule has 0 spiro atoms. The number of esters is 1. The average Bonchev–Trinajstić information content (AvgIpc) is 2.28. The van der Waals surface area contributed by atoms with Crippen LogP contribution in [0.15, 0.2) is 18.2 Å². The molecule has 1 aromatic carbocycles. The van der Waals surface area contributed by atoms with Crippen LogP contribution in [0.2, 0.25) is 0 Å². The van der Waals surface area contributed by atoms with E-state index in [0.717, 1.165) is 16.7 Å². The van der Waals surface area contributed by atoms with Gasteiger partial charge >= 0.3 is 5.97 Å². The van der Waals surface area contributed by atoms with E-state index in [1.165, 1.54) is 0 Å². The van der Waals surface area contributed by atoms with Gasteiger partial charge in [-0.25, -0.2) is 8.42 Å². The average molecular weight is 270 g/mol. The van der Waals surface area contributed by atoms with Gasteiger partial charge in [0, 0.05) is 6.42 Å². The van der Waals surface area contributed by atoms with Crippen LogP contribution in [-0.4, -0.2) is 21.0 Å². The summed E-state index contributed by atoms with van der Waals surface area (Å²) in [5.41, 5.74) is 2.72. The van der Waals surface area contributed by atoms with E-state index in [0.29, 0.717) is 13.0 Å². The van der Waals surface area contributed by atoms with Gasteiger partial charge in [0.2, 0.25) is 0 Å². The maximum absolute atomic E-state index is 11.3. The van der Waals surface area contributed by atoms with Crippen molar-refractivity contribution in [2.45, 2.75) is 32.4 Å². The largest absolute Gasteiger partial charge is 0.466 e. The number of rotatable bonds is 6. The van der Waals surface area contributed by atoms with E-state index in [2.05, 4.69) is 0 Å². The van der Waals surface area contributed by atoms with Gasteiger partial charge in [0.25, 0.3) is 0 Å². The zero-order valence-electron chi connectivity index (χ0n) is 10.6. The third kappa shape index (κ3) is 4.49. The van der Waals surface area contributed by atoms with Gasteiger partial charge in [0.15, 0.2) is 0 Å². The molecular formula is C13H18O4S. The molecule has 0 unspecified atom stereocenters. The Balaban J connectivity index is 2.82. The molecule has 0 N–H and O–H groups in total. The number of hydrogen-bond donors (Lipinski definition) is 1. The van der Waals surface area contributed by atoms with Gasteiger partial charge in [0.05, 0.1) is 12.4 Å². The summed E-state index contributed by atoms with van der Waals surface area (Å²) < 4.78 is 26.5. The Kier molecular flexibility index (Phi) is 5.85. The number of carbonyl (C=O) groups excluding carboxylic acids is 1. The first-order valence-corrected chi connectivity index (χ1v) is 7.25. The highest BCUT2D eigenvalue weighted by molar-refractivity contribution is 7.71. The predicted octanol–water partition coefficient (Wildman–Crippen LogP) is 1.60. The van der Waals surface area contributed by atoms with Crippen molar-refractivity contribution in [3.8, 4) is 0 Å². The van der Waals surface area contributed by atoms with Crippen molar-refractivity contribution in [1.29, 1.82) is 0 Å². The Labute approximate surface area is 109 Å². The summed E-state index contributed by atoms with van der Waals surface area (Å²) in [5.74, 6) is -0.229. The van der Waals surface area contributed by atoms with Gasteiger partial charge in [-0.05, 0) is 37.0 Å². The van der Waals surface area contributed by atoms with E-state index >= 15 is 0 Å². The molecule has 0 atom stereocenters. The second-order valence-corrected chi connectivity index (χ2v) is 4.99. The fourth-order valence-corrected chi connectivity index (χ4v) is 2.44. The van der Waals surface area contributed by atoms with Crippen LogP contribution in [0.25, 0.3) is 0 Å². The van der Waals surface area contributed by atoms with Crippen LogP contribution < -0.4 is 0 Å². The normalized spacial score (nSPS) is 10.6. The first-order chi connectivity index (χ1) is 8.54. The molecule has 1 rings (SSSR count). The topological polar surface area (TPSA) is 60.4 Å². The van der Waals surface area contributed by atoms with Crippen LogP contribution in [0.5, 0.6) is 0 Å². The molecule has 0 radical (unpaired) electrons. The van der Waals surface area contributed by atoms with Crippen molar-refractivity contribution < 1.29 is 17.9 Å². The number of ether oxygens (including phenoxy) is 1. The van der Waals surface area contributed by atoms with Crippen LogP contribution in [0.3, 0.4) is 0 Å². The lowest BCUT2D eigenvalue weighted by Crippen LogP contribution is -2.07. The number of benzene rings is 1. The fourth-order valence-electron chi connectivity index (χ4n) is 1.87. The zero-order chi connectivity index (χ0) is 13.5. The maximum Gasteiger partial charge on any atom is 0.306 e. The predicted molar refractivity (Wildman–Crippen MR) is 70.2 cm³/mol. The second-order valence-electron chi connectivity index (χ2n) is 4.01. The number of thiol groups is 1. The molecule has 4 nitrogen and oxygen atoms in total. The molecule has 0 saturated carbocycles. The quantitative estimate of drug-likeness (QED) is 0.630. The molecule has 5 heteroatoms. The van der Waals surface area contributed by atoms with E-state index in [1.807, 2.05) is 19.1 Å². The fraction of sp³-hybridized carbons (Fsp3) is 0.462. The van der Waals surface area contributed by atoms with E-state index < -0.39 is 10.7 Å². The number of aryl methyl sites for hydroxylation is 1. The van der Waals surface area contributed by atoms with Gasteiger partial charge in [-0.1, -0.05) is 18.2 Å². The third-order valence-electron chi connectivity index (χ3n) is 2.69. The van der Waals surface area contributed by atoms with Crippen LogP contribution >= 0.6 is 0 Å². The molecule has 0 saturated heterocycles. The van der Waals surface area contributed by atoms with Crippen LogP contribution in [0.4, 0.5) is 0 Å². The monoisotopic (exact) mass is 270 g/mol. The molecule has 100 valence electrons. The first-order valence-electron chi connectivity index (χ1n) is 5.89. The Morgan fingerprint density at radius 3 is 2.67 bits per heavy atom. The van der Waals surface area contributed by atoms with Crippen molar-refractivity contribution in [2.75, 3.05) is 6.61 Å². The smallest absolute Gasteiger partial charge is 0.306 e. The van der Waals surface area contributed by atoms with Gasteiger partial charge in [-0.3, -0.25) is 4.79 Å². The van der Waals surface area contributed by atoms with Crippen molar-refractivity contribution in [2.24, 2.45) is 0 Å². The van der Waals surface area contributed by atoms with E-state index in [1.54, 1.807) is 13.0 Å². The third-order valence-corrected chi connectivity index (χ3v) is 3.29. The minimum Gasteiger partial charge on any atom is -0.466 e. The summed E-state index contributed by atoms with van der Waals surface area (Å²) >= 11 is 0. The number of hydrogen-bond acceptors (Lipinski definition) is 4. The lowest BCUT2D eigenvalue weighted by atomic mass is 9.99. The van der Waals surface area contributed by atoms with Gasteiger partial charge in [0.1, 0.15) is 10.7 Å². The van der Waals surface area contributed by atoms with Gasteiger partial charge < -0.3 is 4.74 Å². The first kappa shape index (κ1) is 14.7. The Morgan fingerprint density at radius 2 is 2.06 bits per heavy atom. The Morgan fingerprint density at radius 1 is 1.33 bits per heavy atom. The van der Waals surface area contributed by atoms with Crippen LogP contribution in [0, 0.1) is 6.92 Å². The minimum atomic E-state index is -2.45. The van der Waals surface area contributed by atoms with Crippen molar-refractivity contribution in [1.82, 2.24) is 0 Å². The highest BCUT2D eigenvalue weighted by atomic mass is 32.2. The van der Waals surface area contributed by atoms with Gasteiger partial charge in [-0.2, -0.15) is 0 Å². The molecular weight excluding hydrogens is 252 g/mol. The molecule has 0 fully saturated rings. The van der Waals surface area contributed by atoms with Crippen LogP contribution in [-0.2, 0) is 32.4 Å². The lowest BCUT2D eigenvalue weighted by molar-refractivity contribution is -0.143. The Hall–Kier alpha value is -1.36. The van der Waals surface area contributed by atoms with Gasteiger partial charge in [-0.15, -0.1) is 0 Å². The van der Waals surface area contributed by atoms with E-state index in [-0.39, 0.29) is 18.1 Å². The molecule has 0 bridgehead atoms. The summed E-state index contributed by atoms with van der Waals surface area (Å²) in [7, 11) is -2.45. The molecule has 0 aliphatic heterocycles. The second kappa shape index (κ2) is 7.16. The summed E-state index contributed by atoms with van der Waals surface area (Å²) in [6.07, 6.45) is 0.797. The SMILES string of the molecule is CCOC(=O)CCc1c(C)cccc1C[SH](=O)=O. The number of carbonyl (C=O) groups is 1.